The molecule has 2 heterocycles. The molecule has 7 heteroatoms. The highest BCUT2D eigenvalue weighted by Gasteiger charge is 2.06. The van der Waals surface area contributed by atoms with Crippen LogP contribution in [0.5, 0.6) is 0 Å². The second-order valence-corrected chi connectivity index (χ2v) is 2.49. The van der Waals surface area contributed by atoms with E-state index in [0.717, 1.165) is 0 Å². The standard InChI is InChI=1S/C4HCl2N5/c5-1-2(6)8-4-3(7-1)9-11-10-4/h(H,7,8,9,10,11). The number of fused-ring (bicyclic) bond motifs is 1. The number of hydrogen-bond acceptors (Lipinski definition) is 4. The Morgan fingerprint density at radius 3 is 1.82 bits per heavy atom. The minimum atomic E-state index is 0.132. The van der Waals surface area contributed by atoms with Gasteiger partial charge < -0.3 is 0 Å². The molecule has 1 N–H and O–H groups in total. The maximum absolute atomic E-state index is 5.56. The van der Waals surface area contributed by atoms with Gasteiger partial charge in [-0.1, -0.05) is 23.2 Å². The molecule has 2 aromatic heterocycles. The van der Waals surface area contributed by atoms with Crippen LogP contribution < -0.4 is 0 Å². The molecule has 0 fully saturated rings. The molecular weight excluding hydrogens is 189 g/mol. The molecule has 56 valence electrons. The van der Waals surface area contributed by atoms with Crippen LogP contribution in [0.15, 0.2) is 0 Å². The summed E-state index contributed by atoms with van der Waals surface area (Å²) < 4.78 is 0. The SMILES string of the molecule is Clc1nc2n[nH]nc2nc1Cl. The Morgan fingerprint density at radius 1 is 0.909 bits per heavy atom. The lowest BCUT2D eigenvalue weighted by Gasteiger charge is -1.89. The predicted molar refractivity (Wildman–Crippen MR) is 39.5 cm³/mol. The first-order chi connectivity index (χ1) is 5.27. The van der Waals surface area contributed by atoms with Crippen LogP contribution >= 0.6 is 23.2 Å². The van der Waals surface area contributed by atoms with Gasteiger partial charge in [0.05, 0.1) is 0 Å². The predicted octanol–water partition coefficient (Wildman–Crippen LogP) is 1.05. The molecule has 5 nitrogen and oxygen atoms in total. The molecule has 2 rings (SSSR count). The lowest BCUT2D eigenvalue weighted by Crippen LogP contribution is -1.84. The first-order valence-corrected chi connectivity index (χ1v) is 3.42. The van der Waals surface area contributed by atoms with E-state index in [4.69, 9.17) is 23.2 Å². The van der Waals surface area contributed by atoms with Crippen LogP contribution in [0, 0.1) is 0 Å². The van der Waals surface area contributed by atoms with Crippen LogP contribution in [-0.2, 0) is 0 Å². The maximum Gasteiger partial charge on any atom is 0.222 e. The van der Waals surface area contributed by atoms with Crippen molar-refractivity contribution in [1.29, 1.82) is 0 Å². The van der Waals surface area contributed by atoms with Crippen molar-refractivity contribution in [3.63, 3.8) is 0 Å². The van der Waals surface area contributed by atoms with Gasteiger partial charge in [-0.3, -0.25) is 0 Å². The Morgan fingerprint density at radius 2 is 1.36 bits per heavy atom. The van der Waals surface area contributed by atoms with E-state index in [-0.39, 0.29) is 10.3 Å². The molecule has 11 heavy (non-hydrogen) atoms. The Labute approximate surface area is 70.7 Å². The number of H-pyrrole nitrogens is 1. The molecule has 0 radical (unpaired) electrons. The van der Waals surface area contributed by atoms with E-state index < -0.39 is 0 Å². The van der Waals surface area contributed by atoms with Gasteiger partial charge in [-0.2, -0.15) is 5.21 Å². The molecule has 0 aliphatic heterocycles. The number of rotatable bonds is 0. The fourth-order valence-corrected chi connectivity index (χ4v) is 0.893. The van der Waals surface area contributed by atoms with Crippen molar-refractivity contribution in [1.82, 2.24) is 25.4 Å². The summed E-state index contributed by atoms with van der Waals surface area (Å²) in [4.78, 5) is 7.60. The lowest BCUT2D eigenvalue weighted by molar-refractivity contribution is 0.951. The molecule has 0 unspecified atom stereocenters. The zero-order valence-corrected chi connectivity index (χ0v) is 6.56. The summed E-state index contributed by atoms with van der Waals surface area (Å²) in [5.74, 6) is 0. The number of hydrogen-bond donors (Lipinski definition) is 1. The smallest absolute Gasteiger partial charge is 0.208 e. The Balaban J connectivity index is 2.86. The number of nitrogens with zero attached hydrogens (tertiary/aromatic N) is 4. The second-order valence-electron chi connectivity index (χ2n) is 1.78. The molecule has 0 bridgehead atoms. The molecule has 0 spiro atoms. The molecule has 0 saturated carbocycles. The molecule has 0 aliphatic rings. The Hall–Kier alpha value is -0.940. The van der Waals surface area contributed by atoms with E-state index in [1.54, 1.807) is 0 Å². The summed E-state index contributed by atoms with van der Waals surface area (Å²) in [6, 6.07) is 0. The van der Waals surface area contributed by atoms with Gasteiger partial charge in [-0.05, 0) is 0 Å². The molecular formula is C4HCl2N5. The van der Waals surface area contributed by atoms with Gasteiger partial charge in [-0.25, -0.2) is 9.97 Å². The van der Waals surface area contributed by atoms with E-state index in [2.05, 4.69) is 25.4 Å². The van der Waals surface area contributed by atoms with Crippen molar-refractivity contribution in [2.24, 2.45) is 0 Å². The largest absolute Gasteiger partial charge is 0.222 e. The van der Waals surface area contributed by atoms with Crippen molar-refractivity contribution >= 4 is 34.5 Å². The maximum atomic E-state index is 5.56. The van der Waals surface area contributed by atoms with Gasteiger partial charge in [-0.15, -0.1) is 10.2 Å². The van der Waals surface area contributed by atoms with Crippen molar-refractivity contribution < 1.29 is 0 Å². The van der Waals surface area contributed by atoms with Gasteiger partial charge in [0.15, 0.2) is 10.3 Å². The van der Waals surface area contributed by atoms with E-state index >= 15 is 0 Å². The third-order valence-corrected chi connectivity index (χ3v) is 1.71. The summed E-state index contributed by atoms with van der Waals surface area (Å²) in [5.41, 5.74) is 0.721. The van der Waals surface area contributed by atoms with Crippen LogP contribution in [0.3, 0.4) is 0 Å². The number of halogens is 2. The lowest BCUT2D eigenvalue weighted by atomic mass is 10.7. The van der Waals surface area contributed by atoms with Crippen molar-refractivity contribution in [3.05, 3.63) is 10.3 Å². The zero-order valence-electron chi connectivity index (χ0n) is 5.04. The summed E-state index contributed by atoms with van der Waals surface area (Å²) in [6.45, 7) is 0. The monoisotopic (exact) mass is 189 g/mol. The highest BCUT2D eigenvalue weighted by atomic mass is 35.5. The third kappa shape index (κ3) is 1.02. The third-order valence-electron chi connectivity index (χ3n) is 1.09. The van der Waals surface area contributed by atoms with Crippen molar-refractivity contribution in [2.75, 3.05) is 0 Å². The highest BCUT2D eigenvalue weighted by molar-refractivity contribution is 6.40. The average molecular weight is 190 g/mol. The van der Waals surface area contributed by atoms with Gasteiger partial charge in [0.2, 0.25) is 11.3 Å². The minimum Gasteiger partial charge on any atom is -0.208 e. The quantitative estimate of drug-likeness (QED) is 0.674. The number of nitrogens with one attached hydrogen (secondary N) is 1. The number of aromatic nitrogens is 5. The van der Waals surface area contributed by atoms with E-state index in [9.17, 15) is 0 Å². The van der Waals surface area contributed by atoms with E-state index in [1.165, 1.54) is 0 Å². The Bertz CT molecular complexity index is 360. The fraction of sp³-hybridized carbons (Fsp3) is 0. The normalized spacial score (nSPS) is 10.7. The van der Waals surface area contributed by atoms with Crippen molar-refractivity contribution in [3.8, 4) is 0 Å². The number of aromatic amines is 1. The molecule has 0 aromatic carbocycles. The molecule has 2 aromatic rings. The summed E-state index contributed by atoms with van der Waals surface area (Å²) in [7, 11) is 0. The van der Waals surface area contributed by atoms with Crippen LogP contribution in [0.4, 0.5) is 0 Å². The zero-order chi connectivity index (χ0) is 7.84. The summed E-state index contributed by atoms with van der Waals surface area (Å²) in [6.07, 6.45) is 0. The van der Waals surface area contributed by atoms with Gasteiger partial charge >= 0.3 is 0 Å². The minimum absolute atomic E-state index is 0.132. The van der Waals surface area contributed by atoms with Crippen LogP contribution in [0.1, 0.15) is 0 Å². The summed E-state index contributed by atoms with van der Waals surface area (Å²) >= 11 is 11.1. The van der Waals surface area contributed by atoms with Crippen LogP contribution in [0.25, 0.3) is 11.3 Å². The van der Waals surface area contributed by atoms with Gasteiger partial charge in [0, 0.05) is 0 Å². The molecule has 0 atom stereocenters. The second kappa shape index (κ2) is 2.28. The van der Waals surface area contributed by atoms with Gasteiger partial charge in [0.1, 0.15) is 0 Å². The van der Waals surface area contributed by atoms with E-state index in [1.807, 2.05) is 0 Å². The molecule has 0 saturated heterocycles. The Kier molecular flexibility index (Phi) is 1.40. The first-order valence-electron chi connectivity index (χ1n) is 2.67. The van der Waals surface area contributed by atoms with Crippen LogP contribution in [0.2, 0.25) is 10.3 Å². The van der Waals surface area contributed by atoms with Gasteiger partial charge in [0.25, 0.3) is 0 Å². The van der Waals surface area contributed by atoms with Crippen LogP contribution in [-0.4, -0.2) is 25.4 Å². The van der Waals surface area contributed by atoms with E-state index in [0.29, 0.717) is 11.3 Å². The topological polar surface area (TPSA) is 67.3 Å². The molecule has 0 amide bonds. The first kappa shape index (κ1) is 6.75. The fourth-order valence-electron chi connectivity index (χ4n) is 0.648. The highest BCUT2D eigenvalue weighted by Crippen LogP contribution is 2.17. The average Bonchev–Trinajstić information content (AvgIpc) is 2.36. The van der Waals surface area contributed by atoms with Crippen molar-refractivity contribution in [2.45, 2.75) is 0 Å². The molecule has 0 aliphatic carbocycles. The summed E-state index contributed by atoms with van der Waals surface area (Å²) in [5, 5.41) is 9.95.